The minimum atomic E-state index is -3.92. The summed E-state index contributed by atoms with van der Waals surface area (Å²) in [5.74, 6) is -1.28. The van der Waals surface area contributed by atoms with Gasteiger partial charge in [0.15, 0.2) is 0 Å². The molecule has 0 aromatic heterocycles. The summed E-state index contributed by atoms with van der Waals surface area (Å²) in [6.45, 7) is 4.26. The van der Waals surface area contributed by atoms with Gasteiger partial charge in [0.05, 0.1) is 10.5 Å². The Balaban J connectivity index is 1.86. The highest BCUT2D eigenvalue weighted by Crippen LogP contribution is 2.32. The molecule has 0 saturated heterocycles. The Morgan fingerprint density at radius 3 is 2.56 bits per heavy atom. The molecule has 1 amide bonds. The van der Waals surface area contributed by atoms with Crippen LogP contribution in [0, 0.1) is 5.92 Å². The topological polar surface area (TPSA) is 104 Å². The Labute approximate surface area is 157 Å². The summed E-state index contributed by atoms with van der Waals surface area (Å²) in [6.07, 6.45) is 0.651. The van der Waals surface area contributed by atoms with E-state index in [0.717, 1.165) is 17.3 Å². The number of hydrogen-bond donors (Lipinski definition) is 2. The Bertz CT molecular complexity index is 1010. The van der Waals surface area contributed by atoms with Crippen molar-refractivity contribution in [1.29, 1.82) is 0 Å². The fourth-order valence-electron chi connectivity index (χ4n) is 3.02. The van der Waals surface area contributed by atoms with Crippen LogP contribution in [0.1, 0.15) is 29.8 Å². The maximum atomic E-state index is 12.6. The predicted molar refractivity (Wildman–Crippen MR) is 102 cm³/mol. The zero-order chi connectivity index (χ0) is 19.8. The van der Waals surface area contributed by atoms with E-state index >= 15 is 0 Å². The largest absolute Gasteiger partial charge is 0.478 e. The van der Waals surface area contributed by atoms with Gasteiger partial charge in [-0.25, -0.2) is 13.2 Å². The number of carbonyl (C=O) groups excluding carboxylic acids is 1. The molecular weight excluding hydrogens is 368 g/mol. The minimum absolute atomic E-state index is 0.0348. The summed E-state index contributed by atoms with van der Waals surface area (Å²) in [7, 11) is -3.92. The van der Waals surface area contributed by atoms with Crippen molar-refractivity contribution >= 4 is 33.3 Å². The molecule has 3 rings (SSSR count). The first kappa shape index (κ1) is 18.9. The average Bonchev–Trinajstić information content (AvgIpc) is 3.03. The summed E-state index contributed by atoms with van der Waals surface area (Å²) < 4.78 is 27.6. The highest BCUT2D eigenvalue weighted by atomic mass is 32.2. The molecule has 0 aliphatic carbocycles. The number of carboxylic acid groups (broad SMARTS) is 1. The predicted octanol–water partition coefficient (Wildman–Crippen LogP) is 2.73. The maximum absolute atomic E-state index is 12.6. The lowest BCUT2D eigenvalue weighted by Gasteiger charge is -2.19. The minimum Gasteiger partial charge on any atom is -0.478 e. The molecule has 1 aliphatic rings. The van der Waals surface area contributed by atoms with Crippen molar-refractivity contribution in [2.45, 2.75) is 25.2 Å². The highest BCUT2D eigenvalue weighted by Gasteiger charge is 2.27. The molecule has 0 spiro atoms. The van der Waals surface area contributed by atoms with Crippen molar-refractivity contribution in [3.8, 4) is 0 Å². The van der Waals surface area contributed by atoms with Crippen LogP contribution in [0.3, 0.4) is 0 Å². The summed E-state index contributed by atoms with van der Waals surface area (Å²) >= 11 is 0. The van der Waals surface area contributed by atoms with Gasteiger partial charge in [-0.1, -0.05) is 19.9 Å². The number of amides is 1. The molecule has 7 nitrogen and oxygen atoms in total. The van der Waals surface area contributed by atoms with E-state index in [2.05, 4.69) is 4.72 Å². The number of carbonyl (C=O) groups is 2. The van der Waals surface area contributed by atoms with E-state index in [1.165, 1.54) is 18.2 Å². The second-order valence-corrected chi connectivity index (χ2v) is 8.36. The Kier molecular flexibility index (Phi) is 4.93. The van der Waals surface area contributed by atoms with E-state index in [4.69, 9.17) is 5.11 Å². The van der Waals surface area contributed by atoms with Crippen LogP contribution in [0.2, 0.25) is 0 Å². The van der Waals surface area contributed by atoms with Gasteiger partial charge in [0.25, 0.3) is 10.0 Å². The number of carboxylic acids is 1. The SMILES string of the molecule is CC(C)C(=O)N1CCc2cc(NS(=O)(=O)c3cccc(C(=O)O)c3)ccc21. The summed E-state index contributed by atoms with van der Waals surface area (Å²) in [4.78, 5) is 24.9. The van der Waals surface area contributed by atoms with Gasteiger partial charge in [0, 0.05) is 23.8 Å². The van der Waals surface area contributed by atoms with Crippen molar-refractivity contribution in [2.75, 3.05) is 16.2 Å². The Morgan fingerprint density at radius 2 is 1.89 bits per heavy atom. The monoisotopic (exact) mass is 388 g/mol. The van der Waals surface area contributed by atoms with E-state index in [1.807, 2.05) is 13.8 Å². The molecule has 8 heteroatoms. The quantitative estimate of drug-likeness (QED) is 0.820. The second kappa shape index (κ2) is 7.03. The van der Waals surface area contributed by atoms with Crippen LogP contribution in [0.5, 0.6) is 0 Å². The third-order valence-electron chi connectivity index (χ3n) is 4.38. The highest BCUT2D eigenvalue weighted by molar-refractivity contribution is 7.92. The van der Waals surface area contributed by atoms with Gasteiger partial charge in [-0.2, -0.15) is 0 Å². The van der Waals surface area contributed by atoms with Crippen molar-refractivity contribution in [2.24, 2.45) is 5.92 Å². The molecule has 1 aliphatic heterocycles. The molecule has 27 heavy (non-hydrogen) atoms. The smallest absolute Gasteiger partial charge is 0.335 e. The second-order valence-electron chi connectivity index (χ2n) is 6.68. The van der Waals surface area contributed by atoms with E-state index in [9.17, 15) is 18.0 Å². The number of hydrogen-bond acceptors (Lipinski definition) is 4. The van der Waals surface area contributed by atoms with Crippen LogP contribution >= 0.6 is 0 Å². The summed E-state index contributed by atoms with van der Waals surface area (Å²) in [5, 5.41) is 9.03. The molecule has 0 fully saturated rings. The van der Waals surface area contributed by atoms with Crippen LogP contribution in [0.15, 0.2) is 47.4 Å². The lowest BCUT2D eigenvalue weighted by molar-refractivity contribution is -0.121. The van der Waals surface area contributed by atoms with E-state index < -0.39 is 16.0 Å². The summed E-state index contributed by atoms with van der Waals surface area (Å²) in [6, 6.07) is 10.2. The first-order valence-electron chi connectivity index (χ1n) is 8.49. The van der Waals surface area contributed by atoms with E-state index in [-0.39, 0.29) is 22.3 Å². The third kappa shape index (κ3) is 3.80. The number of rotatable bonds is 5. The molecule has 0 radical (unpaired) electrons. The van der Waals surface area contributed by atoms with Gasteiger partial charge >= 0.3 is 5.97 Å². The maximum Gasteiger partial charge on any atom is 0.335 e. The number of anilines is 2. The molecule has 2 aromatic rings. The summed E-state index contributed by atoms with van der Waals surface area (Å²) in [5.41, 5.74) is 1.95. The molecule has 142 valence electrons. The van der Waals surface area contributed by atoms with Crippen LogP contribution < -0.4 is 9.62 Å². The zero-order valence-electron chi connectivity index (χ0n) is 15.0. The fraction of sp³-hybridized carbons (Fsp3) is 0.263. The zero-order valence-corrected chi connectivity index (χ0v) is 15.8. The molecule has 0 saturated carbocycles. The number of nitrogens with one attached hydrogen (secondary N) is 1. The third-order valence-corrected chi connectivity index (χ3v) is 5.76. The first-order valence-corrected chi connectivity index (χ1v) is 9.98. The molecule has 0 bridgehead atoms. The van der Waals surface area contributed by atoms with Crippen LogP contribution in [-0.4, -0.2) is 31.9 Å². The van der Waals surface area contributed by atoms with Gasteiger partial charge in [-0.3, -0.25) is 9.52 Å². The van der Waals surface area contributed by atoms with Gasteiger partial charge in [-0.05, 0) is 48.4 Å². The van der Waals surface area contributed by atoms with E-state index in [0.29, 0.717) is 18.7 Å². The van der Waals surface area contributed by atoms with Gasteiger partial charge in [0.1, 0.15) is 0 Å². The van der Waals surface area contributed by atoms with Crippen molar-refractivity contribution in [3.05, 3.63) is 53.6 Å². The average molecular weight is 388 g/mol. The van der Waals surface area contributed by atoms with Crippen LogP contribution in [0.25, 0.3) is 0 Å². The number of sulfonamides is 1. The standard InChI is InChI=1S/C19H20N2O5S/c1-12(2)18(22)21-9-8-13-10-15(6-7-17(13)21)20-27(25,26)16-5-3-4-14(11-16)19(23)24/h3-7,10-12,20H,8-9H2,1-2H3,(H,23,24). The van der Waals surface area contributed by atoms with Gasteiger partial charge in [-0.15, -0.1) is 0 Å². The molecule has 2 N–H and O–H groups in total. The molecule has 0 unspecified atom stereocenters. The lowest BCUT2D eigenvalue weighted by atomic mass is 10.1. The van der Waals surface area contributed by atoms with Gasteiger partial charge < -0.3 is 10.0 Å². The van der Waals surface area contributed by atoms with Crippen LogP contribution in [-0.2, 0) is 21.2 Å². The number of nitrogens with zero attached hydrogens (tertiary/aromatic N) is 1. The van der Waals surface area contributed by atoms with Crippen molar-refractivity contribution < 1.29 is 23.1 Å². The Hall–Kier alpha value is -2.87. The molecule has 0 atom stereocenters. The van der Waals surface area contributed by atoms with Crippen molar-refractivity contribution in [1.82, 2.24) is 0 Å². The fourth-order valence-corrected chi connectivity index (χ4v) is 4.11. The number of benzene rings is 2. The van der Waals surface area contributed by atoms with Crippen molar-refractivity contribution in [3.63, 3.8) is 0 Å². The van der Waals surface area contributed by atoms with E-state index in [1.54, 1.807) is 23.1 Å². The lowest BCUT2D eigenvalue weighted by Crippen LogP contribution is -2.32. The number of aromatic carboxylic acids is 1. The number of fused-ring (bicyclic) bond motifs is 1. The molecule has 1 heterocycles. The molecule has 2 aromatic carbocycles. The van der Waals surface area contributed by atoms with Crippen LogP contribution in [0.4, 0.5) is 11.4 Å². The Morgan fingerprint density at radius 1 is 1.15 bits per heavy atom. The first-order chi connectivity index (χ1) is 12.7. The van der Waals surface area contributed by atoms with Gasteiger partial charge in [0.2, 0.25) is 5.91 Å². The normalized spacial score (nSPS) is 13.5. The molecular formula is C19H20N2O5S.